The van der Waals surface area contributed by atoms with Crippen molar-refractivity contribution in [2.24, 2.45) is 5.92 Å². The number of hydrogen-bond acceptors (Lipinski definition) is 7. The standard InChI is InChI=1S/C27H42O7S/c1-3-4-9-16-27(32,18-34-21-14-12-20(33-2)13-15-21)19-35-26-22(23(28)17-24(26)29)10-7-5-6-8-11-25(30)31/h12-15,22,24,26,29,32H,3-11,16-19H2,1-2H3,(H,30,31)/t22-,24?,26+,27?/m0/s1. The Morgan fingerprint density at radius 1 is 1.09 bits per heavy atom. The molecule has 0 aliphatic heterocycles. The van der Waals surface area contributed by atoms with Gasteiger partial charge in [-0.2, -0.15) is 11.8 Å². The number of Topliss-reactive ketones (excluding diaryl/α,β-unsaturated/α-hetero) is 1. The van der Waals surface area contributed by atoms with E-state index in [9.17, 15) is 19.8 Å². The fourth-order valence-corrected chi connectivity index (χ4v) is 6.07. The summed E-state index contributed by atoms with van der Waals surface area (Å²) < 4.78 is 11.1. The van der Waals surface area contributed by atoms with Gasteiger partial charge >= 0.3 is 5.97 Å². The number of ketones is 1. The van der Waals surface area contributed by atoms with E-state index in [0.717, 1.165) is 44.3 Å². The average Bonchev–Trinajstić information content (AvgIpc) is 3.11. The molecule has 1 aromatic rings. The zero-order valence-electron chi connectivity index (χ0n) is 21.1. The second-order valence-electron chi connectivity index (χ2n) is 9.61. The molecule has 2 unspecified atom stereocenters. The number of carbonyl (C=O) groups excluding carboxylic acids is 1. The van der Waals surface area contributed by atoms with E-state index in [0.29, 0.717) is 30.8 Å². The molecule has 198 valence electrons. The molecule has 4 atom stereocenters. The van der Waals surface area contributed by atoms with E-state index in [4.69, 9.17) is 14.6 Å². The zero-order valence-corrected chi connectivity index (χ0v) is 21.9. The van der Waals surface area contributed by atoms with Gasteiger partial charge in [0.2, 0.25) is 0 Å². The lowest BCUT2D eigenvalue weighted by Gasteiger charge is -2.31. The lowest BCUT2D eigenvalue weighted by atomic mass is 9.97. The maximum Gasteiger partial charge on any atom is 0.303 e. The van der Waals surface area contributed by atoms with Crippen LogP contribution in [0.25, 0.3) is 0 Å². The van der Waals surface area contributed by atoms with E-state index < -0.39 is 17.7 Å². The third kappa shape index (κ3) is 10.4. The molecule has 0 radical (unpaired) electrons. The summed E-state index contributed by atoms with van der Waals surface area (Å²) in [5, 5.41) is 30.5. The molecule has 1 aromatic carbocycles. The number of aliphatic carboxylic acids is 1. The molecule has 0 heterocycles. The van der Waals surface area contributed by atoms with Gasteiger partial charge in [0.1, 0.15) is 29.5 Å². The monoisotopic (exact) mass is 510 g/mol. The number of carboxylic acid groups (broad SMARTS) is 1. The van der Waals surface area contributed by atoms with Gasteiger partial charge in [-0.25, -0.2) is 0 Å². The summed E-state index contributed by atoms with van der Waals surface area (Å²) >= 11 is 1.48. The molecular formula is C27H42O7S. The Morgan fingerprint density at radius 2 is 1.77 bits per heavy atom. The normalized spacial score (nSPS) is 21.6. The summed E-state index contributed by atoms with van der Waals surface area (Å²) in [6.07, 6.45) is 7.05. The summed E-state index contributed by atoms with van der Waals surface area (Å²) in [4.78, 5) is 23.2. The van der Waals surface area contributed by atoms with Gasteiger partial charge in [-0.3, -0.25) is 9.59 Å². The lowest BCUT2D eigenvalue weighted by molar-refractivity contribution is -0.137. The Morgan fingerprint density at radius 3 is 2.43 bits per heavy atom. The van der Waals surface area contributed by atoms with Crippen molar-refractivity contribution >= 4 is 23.5 Å². The molecule has 0 bridgehead atoms. The predicted molar refractivity (Wildman–Crippen MR) is 138 cm³/mol. The van der Waals surface area contributed by atoms with Gasteiger partial charge < -0.3 is 24.8 Å². The Balaban J connectivity index is 1.92. The first-order valence-electron chi connectivity index (χ1n) is 12.8. The number of aliphatic hydroxyl groups is 2. The van der Waals surface area contributed by atoms with Crippen molar-refractivity contribution in [1.29, 1.82) is 0 Å². The number of methoxy groups -OCH3 is 1. The molecule has 0 saturated heterocycles. The number of aliphatic hydroxyl groups excluding tert-OH is 1. The molecule has 0 spiro atoms. The molecule has 35 heavy (non-hydrogen) atoms. The number of ether oxygens (including phenoxy) is 2. The molecule has 1 aliphatic rings. The summed E-state index contributed by atoms with van der Waals surface area (Å²) in [6.45, 7) is 2.26. The first-order valence-corrected chi connectivity index (χ1v) is 13.9. The van der Waals surface area contributed by atoms with E-state index in [-0.39, 0.29) is 36.4 Å². The number of thioether (sulfide) groups is 1. The smallest absolute Gasteiger partial charge is 0.303 e. The van der Waals surface area contributed by atoms with Crippen molar-refractivity contribution in [1.82, 2.24) is 0 Å². The fourth-order valence-electron chi connectivity index (χ4n) is 4.50. The largest absolute Gasteiger partial charge is 0.497 e. The highest BCUT2D eigenvalue weighted by atomic mass is 32.2. The first kappa shape index (κ1) is 29.5. The van der Waals surface area contributed by atoms with Crippen LogP contribution in [0.4, 0.5) is 0 Å². The van der Waals surface area contributed by atoms with Crippen molar-refractivity contribution in [3.63, 3.8) is 0 Å². The molecule has 2 rings (SSSR count). The molecule has 0 aromatic heterocycles. The van der Waals surface area contributed by atoms with Crippen LogP contribution in [-0.2, 0) is 9.59 Å². The number of hydrogen-bond donors (Lipinski definition) is 3. The van der Waals surface area contributed by atoms with Crippen molar-refractivity contribution in [2.75, 3.05) is 19.5 Å². The van der Waals surface area contributed by atoms with Gasteiger partial charge in [-0.15, -0.1) is 0 Å². The maximum atomic E-state index is 12.6. The van der Waals surface area contributed by atoms with Crippen LogP contribution in [0.15, 0.2) is 24.3 Å². The van der Waals surface area contributed by atoms with Gasteiger partial charge in [0.25, 0.3) is 0 Å². The highest BCUT2D eigenvalue weighted by Crippen LogP contribution is 2.38. The van der Waals surface area contributed by atoms with Gasteiger partial charge in [0.05, 0.1) is 13.2 Å². The molecule has 0 amide bonds. The summed E-state index contributed by atoms with van der Waals surface area (Å²) in [6, 6.07) is 7.24. The van der Waals surface area contributed by atoms with Gasteiger partial charge in [0.15, 0.2) is 0 Å². The molecule has 8 heteroatoms. The molecular weight excluding hydrogens is 468 g/mol. The summed E-state index contributed by atoms with van der Waals surface area (Å²) in [7, 11) is 1.61. The third-order valence-electron chi connectivity index (χ3n) is 6.61. The Kier molecular flexibility index (Phi) is 12.9. The maximum absolute atomic E-state index is 12.6. The number of rotatable bonds is 18. The van der Waals surface area contributed by atoms with Crippen LogP contribution in [-0.4, -0.2) is 63.5 Å². The van der Waals surface area contributed by atoms with Crippen molar-refractivity contribution in [3.05, 3.63) is 24.3 Å². The van der Waals surface area contributed by atoms with E-state index in [1.54, 1.807) is 7.11 Å². The fraction of sp³-hybridized carbons (Fsp3) is 0.704. The Labute approximate surface area is 213 Å². The highest BCUT2D eigenvalue weighted by molar-refractivity contribution is 8.00. The second-order valence-corrected chi connectivity index (χ2v) is 10.8. The topological polar surface area (TPSA) is 113 Å². The Hall–Kier alpha value is -1.77. The number of carbonyl (C=O) groups is 2. The quantitative estimate of drug-likeness (QED) is 0.240. The van der Waals surface area contributed by atoms with E-state index in [2.05, 4.69) is 6.92 Å². The van der Waals surface area contributed by atoms with Gasteiger partial charge in [-0.05, 0) is 43.5 Å². The van der Waals surface area contributed by atoms with E-state index in [1.807, 2.05) is 24.3 Å². The predicted octanol–water partition coefficient (Wildman–Crippen LogP) is 4.86. The Bertz CT molecular complexity index is 769. The molecule has 3 N–H and O–H groups in total. The molecule has 7 nitrogen and oxygen atoms in total. The number of unbranched alkanes of at least 4 members (excludes halogenated alkanes) is 5. The number of carboxylic acids is 1. The minimum absolute atomic E-state index is 0.0875. The lowest BCUT2D eigenvalue weighted by Crippen LogP contribution is -2.40. The molecule has 1 saturated carbocycles. The van der Waals surface area contributed by atoms with Crippen LogP contribution in [0.1, 0.15) is 77.6 Å². The van der Waals surface area contributed by atoms with Crippen molar-refractivity contribution in [2.45, 2.75) is 94.5 Å². The SMILES string of the molecule is CCCCCC(O)(COc1ccc(OC)cc1)CS[C@H]1C(O)CC(=O)[C@@H]1CCCCCCC(=O)O. The second kappa shape index (κ2) is 15.4. The first-order chi connectivity index (χ1) is 16.8. The minimum Gasteiger partial charge on any atom is -0.497 e. The minimum atomic E-state index is -1.06. The summed E-state index contributed by atoms with van der Waals surface area (Å²) in [5.74, 6) is 0.858. The van der Waals surface area contributed by atoms with E-state index in [1.165, 1.54) is 11.8 Å². The van der Waals surface area contributed by atoms with Crippen LogP contribution in [0.2, 0.25) is 0 Å². The number of benzene rings is 1. The third-order valence-corrected chi connectivity index (χ3v) is 8.34. The highest BCUT2D eigenvalue weighted by Gasteiger charge is 2.42. The average molecular weight is 511 g/mol. The van der Waals surface area contributed by atoms with Crippen molar-refractivity contribution in [3.8, 4) is 11.5 Å². The van der Waals surface area contributed by atoms with Crippen LogP contribution in [0, 0.1) is 5.92 Å². The van der Waals surface area contributed by atoms with Crippen molar-refractivity contribution < 1.29 is 34.4 Å². The van der Waals surface area contributed by atoms with Crippen LogP contribution in [0.5, 0.6) is 11.5 Å². The van der Waals surface area contributed by atoms with Gasteiger partial charge in [0, 0.05) is 29.8 Å². The van der Waals surface area contributed by atoms with Crippen LogP contribution in [0.3, 0.4) is 0 Å². The van der Waals surface area contributed by atoms with Crippen LogP contribution >= 0.6 is 11.8 Å². The molecule has 1 aliphatic carbocycles. The van der Waals surface area contributed by atoms with E-state index >= 15 is 0 Å². The molecule has 1 fully saturated rings. The zero-order chi connectivity index (χ0) is 25.7. The van der Waals surface area contributed by atoms with Gasteiger partial charge in [-0.1, -0.05) is 45.4 Å². The van der Waals surface area contributed by atoms with Crippen LogP contribution < -0.4 is 9.47 Å². The summed E-state index contributed by atoms with van der Waals surface area (Å²) in [5.41, 5.74) is -1.06.